The highest BCUT2D eigenvalue weighted by Crippen LogP contribution is 2.08. The average Bonchev–Trinajstić information content (AvgIpc) is 2.29. The molecule has 0 rings (SSSR count). The summed E-state index contributed by atoms with van der Waals surface area (Å²) in [5.41, 5.74) is 17.6. The molecule has 0 amide bonds. The monoisotopic (exact) mass is 256 g/mol. The second kappa shape index (κ2) is 5.85. The van der Waals surface area contributed by atoms with Crippen LogP contribution < -0.4 is 0 Å². The summed E-state index contributed by atoms with van der Waals surface area (Å²) in [5.74, 6) is -1.79. The van der Waals surface area contributed by atoms with Crippen LogP contribution in [0.3, 0.4) is 0 Å². The molecular formula is C8H12N4O4Si. The first kappa shape index (κ1) is 14.9. The minimum Gasteiger partial charge on any atom is -0.461 e. The van der Waals surface area contributed by atoms with Crippen molar-refractivity contribution >= 4 is 30.7 Å². The van der Waals surface area contributed by atoms with E-state index < -0.39 is 20.0 Å². The maximum absolute atomic E-state index is 11.4. The second-order valence-corrected chi connectivity index (χ2v) is 7.70. The highest BCUT2D eigenvalue weighted by atomic mass is 28.3. The quantitative estimate of drug-likeness (QED) is 0.220. The Bertz CT molecular complexity index is 406. The molecule has 0 saturated heterocycles. The third-order valence-electron chi connectivity index (χ3n) is 2.14. The fourth-order valence-corrected chi connectivity index (χ4v) is 3.10. The SMILES string of the molecule is COC(=O)C(=[N+]=[N-])[Si](C)(C)C(=[N+]=[N-])C(=O)OC. The highest BCUT2D eigenvalue weighted by molar-refractivity contribution is 7.32. The molecule has 0 heterocycles. The Morgan fingerprint density at radius 1 is 0.941 bits per heavy atom. The van der Waals surface area contributed by atoms with Gasteiger partial charge >= 0.3 is 30.7 Å². The molecule has 0 aliphatic rings. The van der Waals surface area contributed by atoms with Crippen molar-refractivity contribution in [3.05, 3.63) is 11.1 Å². The third-order valence-corrected chi connectivity index (χ3v) is 5.12. The first-order valence-corrected chi connectivity index (χ1v) is 7.48. The third kappa shape index (κ3) is 2.94. The Morgan fingerprint density at radius 3 is 1.41 bits per heavy atom. The van der Waals surface area contributed by atoms with Gasteiger partial charge in [-0.2, -0.15) is 9.58 Å². The van der Waals surface area contributed by atoms with Gasteiger partial charge in [0.2, 0.25) is 0 Å². The lowest BCUT2D eigenvalue weighted by atomic mass is 10.7. The number of carbonyl (C=O) groups is 2. The first-order chi connectivity index (χ1) is 7.86. The molecule has 0 unspecified atom stereocenters. The molecule has 17 heavy (non-hydrogen) atoms. The number of ether oxygens (including phenoxy) is 2. The molecule has 9 heteroatoms. The van der Waals surface area contributed by atoms with Crippen molar-refractivity contribution in [2.75, 3.05) is 14.2 Å². The van der Waals surface area contributed by atoms with Gasteiger partial charge < -0.3 is 20.5 Å². The van der Waals surface area contributed by atoms with Gasteiger partial charge in [-0.15, -0.1) is 0 Å². The summed E-state index contributed by atoms with van der Waals surface area (Å²) < 4.78 is 8.83. The smallest absolute Gasteiger partial charge is 0.410 e. The number of carbonyl (C=O) groups excluding carboxylic acids is 2. The molecule has 0 aromatic heterocycles. The van der Waals surface area contributed by atoms with Crippen LogP contribution in [0.4, 0.5) is 0 Å². The van der Waals surface area contributed by atoms with E-state index in [-0.39, 0.29) is 10.7 Å². The molecule has 0 atom stereocenters. The zero-order valence-electron chi connectivity index (χ0n) is 9.92. The van der Waals surface area contributed by atoms with Crippen LogP contribution in [0.15, 0.2) is 0 Å². The van der Waals surface area contributed by atoms with Gasteiger partial charge in [-0.3, -0.25) is 0 Å². The van der Waals surface area contributed by atoms with Crippen LogP contribution in [0.25, 0.3) is 11.1 Å². The molecule has 0 saturated carbocycles. The number of hydrogen-bond acceptors (Lipinski definition) is 4. The van der Waals surface area contributed by atoms with Gasteiger partial charge in [0, 0.05) is 0 Å². The van der Waals surface area contributed by atoms with E-state index in [2.05, 4.69) is 19.1 Å². The molecule has 0 radical (unpaired) electrons. The van der Waals surface area contributed by atoms with Gasteiger partial charge in [-0.05, 0) is 13.1 Å². The average molecular weight is 256 g/mol. The zero-order chi connectivity index (χ0) is 13.6. The van der Waals surface area contributed by atoms with E-state index in [1.165, 1.54) is 13.1 Å². The predicted molar refractivity (Wildman–Crippen MR) is 58.8 cm³/mol. The summed E-state index contributed by atoms with van der Waals surface area (Å²) in [7, 11) is -0.873. The van der Waals surface area contributed by atoms with Gasteiger partial charge in [0.15, 0.2) is 0 Å². The molecule has 0 fully saturated rings. The van der Waals surface area contributed by atoms with Crippen LogP contribution in [0.5, 0.6) is 0 Å². The van der Waals surface area contributed by atoms with Crippen molar-refractivity contribution in [1.29, 1.82) is 0 Å². The van der Waals surface area contributed by atoms with E-state index in [1.807, 2.05) is 0 Å². The van der Waals surface area contributed by atoms with E-state index in [9.17, 15) is 9.59 Å². The van der Waals surface area contributed by atoms with E-state index in [1.54, 1.807) is 0 Å². The molecule has 0 aliphatic heterocycles. The highest BCUT2D eigenvalue weighted by Gasteiger charge is 2.56. The summed E-state index contributed by atoms with van der Waals surface area (Å²) in [6.45, 7) is 2.95. The number of nitrogens with zero attached hydrogens (tertiary/aromatic N) is 4. The minimum atomic E-state index is -3.08. The Morgan fingerprint density at radius 2 is 1.24 bits per heavy atom. The zero-order valence-corrected chi connectivity index (χ0v) is 10.9. The maximum atomic E-state index is 11.4. The Labute approximate surface area is 98.4 Å². The molecule has 0 aromatic rings. The number of esters is 2. The van der Waals surface area contributed by atoms with E-state index in [4.69, 9.17) is 11.1 Å². The molecular weight excluding hydrogens is 244 g/mol. The van der Waals surface area contributed by atoms with Crippen LogP contribution in [0, 0.1) is 0 Å². The maximum Gasteiger partial charge on any atom is 0.410 e. The topological polar surface area (TPSA) is 125 Å². The van der Waals surface area contributed by atoms with Gasteiger partial charge in [-0.25, -0.2) is 9.59 Å². The van der Waals surface area contributed by atoms with Crippen LogP contribution >= 0.6 is 0 Å². The van der Waals surface area contributed by atoms with Crippen LogP contribution in [-0.2, 0) is 19.1 Å². The van der Waals surface area contributed by atoms with Crippen LogP contribution in [0.2, 0.25) is 13.1 Å². The lowest BCUT2D eigenvalue weighted by Crippen LogP contribution is -2.55. The Hall–Kier alpha value is -2.08. The number of rotatable bonds is 4. The Balaban J connectivity index is 5.68. The molecule has 0 spiro atoms. The molecule has 0 aromatic carbocycles. The van der Waals surface area contributed by atoms with E-state index >= 15 is 0 Å². The normalized spacial score (nSPS) is 9.65. The van der Waals surface area contributed by atoms with Crippen molar-refractivity contribution in [2.24, 2.45) is 0 Å². The van der Waals surface area contributed by atoms with Crippen LogP contribution in [-0.4, -0.2) is 54.5 Å². The fraction of sp³-hybridized carbons (Fsp3) is 0.500. The van der Waals surface area contributed by atoms with Gasteiger partial charge in [0.05, 0.1) is 14.2 Å². The molecule has 0 bridgehead atoms. The molecule has 0 aliphatic carbocycles. The summed E-state index contributed by atoms with van der Waals surface area (Å²) in [4.78, 5) is 28.3. The van der Waals surface area contributed by atoms with Crippen molar-refractivity contribution in [2.45, 2.75) is 13.1 Å². The second-order valence-electron chi connectivity index (χ2n) is 3.51. The van der Waals surface area contributed by atoms with Crippen molar-refractivity contribution < 1.29 is 28.6 Å². The summed E-state index contributed by atoms with van der Waals surface area (Å²) in [6, 6.07) is 0. The lowest BCUT2D eigenvalue weighted by Gasteiger charge is -2.08. The molecule has 8 nitrogen and oxygen atoms in total. The van der Waals surface area contributed by atoms with Gasteiger partial charge in [-0.1, -0.05) is 0 Å². The first-order valence-electron chi connectivity index (χ1n) is 4.48. The van der Waals surface area contributed by atoms with Crippen molar-refractivity contribution in [1.82, 2.24) is 0 Å². The van der Waals surface area contributed by atoms with E-state index in [0.29, 0.717) is 0 Å². The van der Waals surface area contributed by atoms with Gasteiger partial charge in [0.25, 0.3) is 0 Å². The fourth-order valence-electron chi connectivity index (χ4n) is 1.15. The molecule has 92 valence electrons. The van der Waals surface area contributed by atoms with Gasteiger partial charge in [0.1, 0.15) is 0 Å². The summed E-state index contributed by atoms with van der Waals surface area (Å²) >= 11 is 0. The van der Waals surface area contributed by atoms with E-state index in [0.717, 1.165) is 14.2 Å². The largest absolute Gasteiger partial charge is 0.461 e. The minimum absolute atomic E-state index is 0.349. The lowest BCUT2D eigenvalue weighted by molar-refractivity contribution is -0.136. The summed E-state index contributed by atoms with van der Waals surface area (Å²) in [6.07, 6.45) is 0. The number of hydrogen-bond donors (Lipinski definition) is 0. The van der Waals surface area contributed by atoms with Crippen molar-refractivity contribution in [3.63, 3.8) is 0 Å². The van der Waals surface area contributed by atoms with Crippen molar-refractivity contribution in [3.8, 4) is 0 Å². The predicted octanol–water partition coefficient (Wildman–Crippen LogP) is -0.539. The Kier molecular flexibility index (Phi) is 5.14. The molecule has 0 N–H and O–H groups in total. The number of methoxy groups -OCH3 is 2. The summed E-state index contributed by atoms with van der Waals surface area (Å²) in [5, 5.41) is -0.698. The standard InChI is InChI=1S/C8H12N4O4Si/c1-15-7(13)5(11-9)17(3,4)6(12-10)8(14)16-2/h1-4H3. The van der Waals surface area contributed by atoms with Crippen LogP contribution in [0.1, 0.15) is 0 Å².